The minimum Gasteiger partial charge on any atom is -0.396 e. The van der Waals surface area contributed by atoms with E-state index in [1.165, 1.54) is 31.3 Å². The molecule has 0 heterocycles. The number of hydrogen-bond acceptors (Lipinski definition) is 3. The van der Waals surface area contributed by atoms with Gasteiger partial charge in [0.15, 0.2) is 0 Å². The summed E-state index contributed by atoms with van der Waals surface area (Å²) in [6, 6.07) is 0. The van der Waals surface area contributed by atoms with Gasteiger partial charge in [-0.15, -0.1) is 0 Å². The van der Waals surface area contributed by atoms with Gasteiger partial charge in [0.1, 0.15) is 0 Å². The predicted octanol–water partition coefficient (Wildman–Crippen LogP) is 2.35. The van der Waals surface area contributed by atoms with E-state index in [-0.39, 0.29) is 18.4 Å². The Morgan fingerprint density at radius 2 is 2.39 bits per heavy atom. The van der Waals surface area contributed by atoms with Crippen LogP contribution in [0.1, 0.15) is 39.0 Å². The van der Waals surface area contributed by atoms with Crippen LogP contribution in [0.15, 0.2) is 11.6 Å². The summed E-state index contributed by atoms with van der Waals surface area (Å²) in [6.07, 6.45) is 8.36. The van der Waals surface area contributed by atoms with Crippen LogP contribution in [0.3, 0.4) is 0 Å². The molecule has 0 saturated carbocycles. The third kappa shape index (κ3) is 7.07. The monoisotopic (exact) mass is 271 g/mol. The van der Waals surface area contributed by atoms with Gasteiger partial charge in [0.25, 0.3) is 0 Å². The van der Waals surface area contributed by atoms with Crippen molar-refractivity contribution < 1.29 is 9.90 Å². The van der Waals surface area contributed by atoms with Crippen molar-refractivity contribution in [3.63, 3.8) is 0 Å². The molecule has 18 heavy (non-hydrogen) atoms. The van der Waals surface area contributed by atoms with Crippen LogP contribution in [-0.4, -0.2) is 35.7 Å². The average molecular weight is 271 g/mol. The number of aliphatic hydroxyl groups is 1. The Kier molecular flexibility index (Phi) is 8.18. The van der Waals surface area contributed by atoms with E-state index in [0.29, 0.717) is 5.75 Å². The van der Waals surface area contributed by atoms with E-state index >= 15 is 0 Å². The van der Waals surface area contributed by atoms with Crippen molar-refractivity contribution in [2.24, 2.45) is 5.92 Å². The highest BCUT2D eigenvalue weighted by atomic mass is 32.2. The molecular weight excluding hydrogens is 246 g/mol. The van der Waals surface area contributed by atoms with Gasteiger partial charge >= 0.3 is 0 Å². The van der Waals surface area contributed by atoms with E-state index in [9.17, 15) is 4.79 Å². The number of nitrogens with one attached hydrogen (secondary N) is 1. The molecule has 1 rings (SSSR count). The molecule has 1 atom stereocenters. The molecule has 0 radical (unpaired) electrons. The number of carbonyl (C=O) groups is 1. The van der Waals surface area contributed by atoms with E-state index < -0.39 is 0 Å². The fourth-order valence-corrected chi connectivity index (χ4v) is 2.86. The normalized spacial score (nSPS) is 17.1. The van der Waals surface area contributed by atoms with Gasteiger partial charge in [0.2, 0.25) is 5.91 Å². The fourth-order valence-electron chi connectivity index (χ4n) is 1.95. The van der Waals surface area contributed by atoms with Crippen molar-refractivity contribution in [3.8, 4) is 0 Å². The second-order valence-corrected chi connectivity index (χ2v) is 6.04. The maximum absolute atomic E-state index is 11.5. The van der Waals surface area contributed by atoms with Crippen LogP contribution in [0.5, 0.6) is 0 Å². The lowest BCUT2D eigenvalue weighted by molar-refractivity contribution is -0.118. The van der Waals surface area contributed by atoms with Gasteiger partial charge in [-0.2, -0.15) is 11.8 Å². The number of rotatable bonds is 8. The number of amides is 1. The van der Waals surface area contributed by atoms with Crippen LogP contribution in [0.4, 0.5) is 0 Å². The molecule has 0 aromatic carbocycles. The highest BCUT2D eigenvalue weighted by Crippen LogP contribution is 2.19. The van der Waals surface area contributed by atoms with Gasteiger partial charge in [-0.25, -0.2) is 0 Å². The molecular formula is C14H25NO2S. The molecule has 3 nitrogen and oxygen atoms in total. The van der Waals surface area contributed by atoms with Gasteiger partial charge in [-0.1, -0.05) is 18.6 Å². The van der Waals surface area contributed by atoms with Gasteiger partial charge in [-0.05, 0) is 43.8 Å². The second kappa shape index (κ2) is 9.45. The first-order valence-corrected chi connectivity index (χ1v) is 8.01. The Labute approximate surface area is 114 Å². The first kappa shape index (κ1) is 15.6. The lowest BCUT2D eigenvalue weighted by Crippen LogP contribution is -2.27. The number of hydrogen-bond donors (Lipinski definition) is 2. The molecule has 0 aliphatic heterocycles. The zero-order valence-electron chi connectivity index (χ0n) is 11.3. The van der Waals surface area contributed by atoms with Gasteiger partial charge < -0.3 is 10.4 Å². The Morgan fingerprint density at radius 3 is 3.06 bits per heavy atom. The third-order valence-electron chi connectivity index (χ3n) is 3.10. The summed E-state index contributed by atoms with van der Waals surface area (Å²) in [5, 5.41) is 11.8. The average Bonchev–Trinajstić information content (AvgIpc) is 2.39. The third-order valence-corrected chi connectivity index (χ3v) is 4.37. The standard InChI is InChI=1S/C14H25NO2S/c1-12(9-16)10-18-11-14(17)15-8-7-13-5-3-2-4-6-13/h5,12,16H,2-4,6-11H2,1H3,(H,15,17). The minimum absolute atomic E-state index is 0.113. The van der Waals surface area contributed by atoms with Gasteiger partial charge in [0, 0.05) is 13.2 Å². The molecule has 1 aliphatic carbocycles. The summed E-state index contributed by atoms with van der Waals surface area (Å²) in [7, 11) is 0. The van der Waals surface area contributed by atoms with E-state index in [4.69, 9.17) is 5.11 Å². The van der Waals surface area contributed by atoms with E-state index in [0.717, 1.165) is 18.7 Å². The molecule has 1 unspecified atom stereocenters. The number of allylic oxidation sites excluding steroid dienone is 1. The predicted molar refractivity (Wildman–Crippen MR) is 77.8 cm³/mol. The largest absolute Gasteiger partial charge is 0.396 e. The Morgan fingerprint density at radius 1 is 1.56 bits per heavy atom. The van der Waals surface area contributed by atoms with Crippen molar-refractivity contribution >= 4 is 17.7 Å². The van der Waals surface area contributed by atoms with Gasteiger partial charge in [-0.3, -0.25) is 4.79 Å². The van der Waals surface area contributed by atoms with Crippen molar-refractivity contribution in [1.82, 2.24) is 5.32 Å². The summed E-state index contributed by atoms with van der Waals surface area (Å²) >= 11 is 1.59. The topological polar surface area (TPSA) is 49.3 Å². The summed E-state index contributed by atoms with van der Waals surface area (Å²) in [4.78, 5) is 11.5. The smallest absolute Gasteiger partial charge is 0.230 e. The Hall–Kier alpha value is -0.480. The highest BCUT2D eigenvalue weighted by Gasteiger charge is 2.06. The molecule has 0 aromatic heterocycles. The zero-order chi connectivity index (χ0) is 13.2. The van der Waals surface area contributed by atoms with Crippen molar-refractivity contribution in [2.45, 2.75) is 39.0 Å². The molecule has 0 fully saturated rings. The number of thioether (sulfide) groups is 1. The number of aliphatic hydroxyl groups excluding tert-OH is 1. The summed E-state index contributed by atoms with van der Waals surface area (Å²) < 4.78 is 0. The summed E-state index contributed by atoms with van der Waals surface area (Å²) in [6.45, 7) is 2.95. The Balaban J connectivity index is 2.01. The van der Waals surface area contributed by atoms with E-state index in [2.05, 4.69) is 11.4 Å². The molecule has 0 spiro atoms. The lowest BCUT2D eigenvalue weighted by atomic mass is 9.97. The lowest BCUT2D eigenvalue weighted by Gasteiger charge is -2.13. The number of carbonyl (C=O) groups excluding carboxylic acids is 1. The van der Waals surface area contributed by atoms with Crippen LogP contribution in [0.25, 0.3) is 0 Å². The van der Waals surface area contributed by atoms with Crippen LogP contribution in [0, 0.1) is 5.92 Å². The molecule has 0 bridgehead atoms. The SMILES string of the molecule is CC(CO)CSCC(=O)NCCC1=CCCCC1. The quantitative estimate of drug-likeness (QED) is 0.666. The van der Waals surface area contributed by atoms with Crippen molar-refractivity contribution in [1.29, 1.82) is 0 Å². The van der Waals surface area contributed by atoms with Crippen LogP contribution in [0.2, 0.25) is 0 Å². The molecule has 0 aromatic rings. The summed E-state index contributed by atoms with van der Waals surface area (Å²) in [5.41, 5.74) is 1.50. The van der Waals surface area contributed by atoms with Gasteiger partial charge in [0.05, 0.1) is 5.75 Å². The summed E-state index contributed by atoms with van der Waals surface area (Å²) in [5.74, 6) is 1.73. The molecule has 1 amide bonds. The fraction of sp³-hybridized carbons (Fsp3) is 0.786. The molecule has 104 valence electrons. The van der Waals surface area contributed by atoms with Crippen LogP contribution in [-0.2, 0) is 4.79 Å². The molecule has 0 saturated heterocycles. The van der Waals surface area contributed by atoms with Crippen LogP contribution < -0.4 is 5.32 Å². The first-order valence-electron chi connectivity index (χ1n) is 6.85. The minimum atomic E-state index is 0.113. The van der Waals surface area contributed by atoms with Crippen molar-refractivity contribution in [3.05, 3.63) is 11.6 Å². The zero-order valence-corrected chi connectivity index (χ0v) is 12.1. The maximum Gasteiger partial charge on any atom is 0.230 e. The maximum atomic E-state index is 11.5. The van der Waals surface area contributed by atoms with E-state index in [1.807, 2.05) is 6.92 Å². The molecule has 4 heteroatoms. The first-order chi connectivity index (χ1) is 8.72. The molecule has 2 N–H and O–H groups in total. The second-order valence-electron chi connectivity index (χ2n) is 5.01. The van der Waals surface area contributed by atoms with Crippen molar-refractivity contribution in [2.75, 3.05) is 24.7 Å². The Bertz CT molecular complexity index is 279. The van der Waals surface area contributed by atoms with Crippen LogP contribution >= 0.6 is 11.8 Å². The molecule has 1 aliphatic rings. The van der Waals surface area contributed by atoms with E-state index in [1.54, 1.807) is 11.8 Å². The highest BCUT2D eigenvalue weighted by molar-refractivity contribution is 7.99.